The first-order valence-electron chi connectivity index (χ1n) is 14.1. The first-order valence-corrected chi connectivity index (χ1v) is 22.4. The minimum absolute atomic E-state index is 0.374. The molecule has 0 spiro atoms. The zero-order valence-corrected chi connectivity index (χ0v) is 29.8. The molecule has 0 radical (unpaired) electrons. The predicted molar refractivity (Wildman–Crippen MR) is 158 cm³/mol. The van der Waals surface area contributed by atoms with Crippen molar-refractivity contribution in [3.05, 3.63) is 60.7 Å². The molecule has 0 N–H and O–H groups in total. The van der Waals surface area contributed by atoms with Crippen LogP contribution in [0.1, 0.15) is 83.1 Å². The summed E-state index contributed by atoms with van der Waals surface area (Å²) < 4.78 is 29.3. The van der Waals surface area contributed by atoms with Gasteiger partial charge < -0.3 is 0 Å². The van der Waals surface area contributed by atoms with Crippen molar-refractivity contribution in [2.75, 3.05) is 0 Å². The summed E-state index contributed by atoms with van der Waals surface area (Å²) in [4.78, 5) is 0. The summed E-state index contributed by atoms with van der Waals surface area (Å²) in [5.74, 6) is 1.51. The fourth-order valence-electron chi connectivity index (χ4n) is 6.53. The molecule has 0 aliphatic carbocycles. The van der Waals surface area contributed by atoms with Crippen LogP contribution in [0.3, 0.4) is 0 Å². The molecule has 208 valence electrons. The Kier molecular flexibility index (Phi) is 11.9. The fourth-order valence-corrected chi connectivity index (χ4v) is 38.3. The summed E-state index contributed by atoms with van der Waals surface area (Å²) in [6.07, 6.45) is 0. The standard InChI is InChI=1S/2C9H21OSi.2C6H6O.Zr/c2*1-7(2)11(10,8(3)4)9(5)6;2*7-6-4-2-1-3-5-6;/h2*7-9H,1-6H3;2*1-5,7H;/q2*-1;;;+4/p-2. The molecule has 4 nitrogen and oxygen atoms in total. The monoisotopic (exact) mass is 622 g/mol. The Balaban J connectivity index is 2.89. The van der Waals surface area contributed by atoms with E-state index in [1.165, 1.54) is 0 Å². The van der Waals surface area contributed by atoms with Gasteiger partial charge in [-0.2, -0.15) is 0 Å². The molecule has 0 saturated heterocycles. The average Bonchev–Trinajstić information content (AvgIpc) is 2.81. The van der Waals surface area contributed by atoms with Gasteiger partial charge in [-0.15, -0.1) is 0 Å². The van der Waals surface area contributed by atoms with E-state index in [0.717, 1.165) is 11.5 Å². The number of para-hydroxylation sites is 2. The molecule has 2 aromatic carbocycles. The predicted octanol–water partition coefficient (Wildman–Crippen LogP) is 10.3. The SMILES string of the molecule is CC(C)[Si]([O][Zr]([O]c1ccccc1)([O]c1ccccc1)[O][Si](C(C)C)(C(C)C)C(C)C)(C(C)C)C(C)C. The summed E-state index contributed by atoms with van der Waals surface area (Å²) in [5.41, 5.74) is 2.25. The van der Waals surface area contributed by atoms with Crippen LogP contribution in [0.25, 0.3) is 0 Å². The van der Waals surface area contributed by atoms with Gasteiger partial charge in [-0.25, -0.2) is 0 Å². The maximum atomic E-state index is 7.64. The second kappa shape index (κ2) is 13.6. The van der Waals surface area contributed by atoms with Crippen molar-refractivity contribution >= 4 is 16.6 Å². The molecule has 0 atom stereocenters. The van der Waals surface area contributed by atoms with E-state index in [2.05, 4.69) is 83.1 Å². The van der Waals surface area contributed by atoms with Crippen molar-refractivity contribution in [2.24, 2.45) is 0 Å². The minimum atomic E-state index is -4.87. The van der Waals surface area contributed by atoms with E-state index in [0.29, 0.717) is 33.2 Å². The van der Waals surface area contributed by atoms with Crippen LogP contribution in [0.15, 0.2) is 60.7 Å². The van der Waals surface area contributed by atoms with Gasteiger partial charge in [0.25, 0.3) is 0 Å². The van der Waals surface area contributed by atoms with Gasteiger partial charge >= 0.3 is 238 Å². The van der Waals surface area contributed by atoms with Gasteiger partial charge in [-0.1, -0.05) is 0 Å². The Labute approximate surface area is 236 Å². The van der Waals surface area contributed by atoms with Crippen molar-refractivity contribution in [1.29, 1.82) is 0 Å². The van der Waals surface area contributed by atoms with E-state index in [1.54, 1.807) is 0 Å². The first kappa shape index (κ1) is 32.5. The molecular weight excluding hydrogens is 572 g/mol. The topological polar surface area (TPSA) is 36.9 Å². The number of rotatable bonds is 14. The zero-order valence-electron chi connectivity index (χ0n) is 25.4. The summed E-state index contributed by atoms with van der Waals surface area (Å²) >= 11 is -4.87. The molecule has 0 saturated carbocycles. The zero-order chi connectivity index (χ0) is 28.0. The van der Waals surface area contributed by atoms with Crippen LogP contribution in [0.2, 0.25) is 33.2 Å². The molecule has 0 aromatic heterocycles. The van der Waals surface area contributed by atoms with Crippen LogP contribution in [0.4, 0.5) is 0 Å². The molecule has 37 heavy (non-hydrogen) atoms. The van der Waals surface area contributed by atoms with Gasteiger partial charge in [0.15, 0.2) is 0 Å². The number of benzene rings is 2. The molecule has 0 amide bonds. The van der Waals surface area contributed by atoms with E-state index in [1.807, 2.05) is 60.7 Å². The van der Waals surface area contributed by atoms with E-state index < -0.39 is 38.7 Å². The van der Waals surface area contributed by atoms with Crippen molar-refractivity contribution in [3.8, 4) is 11.5 Å². The van der Waals surface area contributed by atoms with Crippen LogP contribution in [0.5, 0.6) is 11.5 Å². The molecule has 2 rings (SSSR count). The van der Waals surface area contributed by atoms with Crippen LogP contribution < -0.4 is 5.63 Å². The fraction of sp³-hybridized carbons (Fsp3) is 0.600. The van der Waals surface area contributed by atoms with E-state index in [-0.39, 0.29) is 0 Å². The first-order chi connectivity index (χ1) is 17.2. The molecule has 0 aliphatic rings. The van der Waals surface area contributed by atoms with Gasteiger partial charge in [0.2, 0.25) is 0 Å². The summed E-state index contributed by atoms with van der Waals surface area (Å²) in [5, 5.41) is 0. The maximum absolute atomic E-state index is 7.64. The van der Waals surface area contributed by atoms with E-state index in [9.17, 15) is 0 Å². The molecule has 0 aliphatic heterocycles. The van der Waals surface area contributed by atoms with Gasteiger partial charge in [-0.05, 0) is 0 Å². The normalized spacial score (nSPS) is 13.5. The molecule has 0 heterocycles. The molecule has 0 unspecified atom stereocenters. The van der Waals surface area contributed by atoms with E-state index >= 15 is 0 Å². The summed E-state index contributed by atoms with van der Waals surface area (Å²) in [6, 6.07) is 20.0. The Morgan fingerprint density at radius 2 is 0.676 bits per heavy atom. The quantitative estimate of drug-likeness (QED) is 0.196. The average molecular weight is 624 g/mol. The van der Waals surface area contributed by atoms with Crippen LogP contribution in [-0.4, -0.2) is 16.6 Å². The van der Waals surface area contributed by atoms with Crippen molar-refractivity contribution < 1.29 is 32.7 Å². The molecule has 7 heteroatoms. The van der Waals surface area contributed by atoms with E-state index in [4.69, 9.17) is 10.6 Å². The van der Waals surface area contributed by atoms with Crippen LogP contribution >= 0.6 is 0 Å². The van der Waals surface area contributed by atoms with Gasteiger partial charge in [-0.3, -0.25) is 0 Å². The van der Waals surface area contributed by atoms with Gasteiger partial charge in [0.1, 0.15) is 0 Å². The third-order valence-corrected chi connectivity index (χ3v) is 31.3. The third-order valence-electron chi connectivity index (χ3n) is 7.99. The molecule has 0 fully saturated rings. The van der Waals surface area contributed by atoms with Crippen molar-refractivity contribution in [3.63, 3.8) is 0 Å². The molecular formula is C30H52O4Si2Zr. The van der Waals surface area contributed by atoms with Crippen LogP contribution in [0, 0.1) is 0 Å². The second-order valence-corrected chi connectivity index (χ2v) is 29.4. The Morgan fingerprint density at radius 3 is 0.892 bits per heavy atom. The summed E-state index contributed by atoms with van der Waals surface area (Å²) in [6.45, 7) is 27.7. The Hall–Kier alpha value is -0.723. The summed E-state index contributed by atoms with van der Waals surface area (Å²) in [7, 11) is -4.87. The number of hydrogen-bond acceptors (Lipinski definition) is 4. The van der Waals surface area contributed by atoms with Crippen LogP contribution in [-0.2, 0) is 27.0 Å². The Bertz CT molecular complexity index is 812. The number of hydrogen-bond donors (Lipinski definition) is 0. The second-order valence-electron chi connectivity index (χ2n) is 12.2. The molecule has 2 aromatic rings. The van der Waals surface area contributed by atoms with Gasteiger partial charge in [0, 0.05) is 0 Å². The van der Waals surface area contributed by atoms with Crippen molar-refractivity contribution in [1.82, 2.24) is 0 Å². The van der Waals surface area contributed by atoms with Gasteiger partial charge in [0.05, 0.1) is 0 Å². The Morgan fingerprint density at radius 1 is 0.432 bits per heavy atom. The third kappa shape index (κ3) is 7.28. The van der Waals surface area contributed by atoms with Crippen molar-refractivity contribution in [2.45, 2.75) is 116 Å². The molecule has 0 bridgehead atoms.